The average molecular weight is 384 g/mol. The second kappa shape index (κ2) is 9.15. The van der Waals surface area contributed by atoms with Crippen molar-refractivity contribution in [2.24, 2.45) is 5.92 Å². The summed E-state index contributed by atoms with van der Waals surface area (Å²) in [6, 6.07) is 9.56. The number of carbonyl (C=O) groups is 2. The van der Waals surface area contributed by atoms with Crippen molar-refractivity contribution in [2.75, 3.05) is 26.3 Å². The van der Waals surface area contributed by atoms with Crippen LogP contribution in [0.15, 0.2) is 30.3 Å². The molecule has 1 aliphatic rings. The summed E-state index contributed by atoms with van der Waals surface area (Å²) in [4.78, 5) is 31.2. The number of para-hydroxylation sites is 1. The molecule has 0 aliphatic heterocycles. The minimum absolute atomic E-state index is 0.134. The summed E-state index contributed by atoms with van der Waals surface area (Å²) in [5.41, 5.74) is 2.39. The van der Waals surface area contributed by atoms with Gasteiger partial charge in [-0.15, -0.1) is 0 Å². The van der Waals surface area contributed by atoms with E-state index in [1.54, 1.807) is 11.8 Å². The fourth-order valence-corrected chi connectivity index (χ4v) is 3.32. The van der Waals surface area contributed by atoms with E-state index in [0.29, 0.717) is 37.7 Å². The van der Waals surface area contributed by atoms with Gasteiger partial charge in [-0.3, -0.25) is 14.6 Å². The van der Waals surface area contributed by atoms with Crippen LogP contribution in [0.5, 0.6) is 0 Å². The van der Waals surface area contributed by atoms with Crippen LogP contribution < -0.4 is 0 Å². The fraction of sp³-hybridized carbons (Fsp3) is 0.500. The molecule has 6 nitrogen and oxygen atoms in total. The molecule has 1 fully saturated rings. The van der Waals surface area contributed by atoms with Gasteiger partial charge in [0.1, 0.15) is 0 Å². The molecule has 3 rings (SSSR count). The zero-order valence-corrected chi connectivity index (χ0v) is 16.6. The molecule has 1 unspecified atom stereocenters. The lowest BCUT2D eigenvalue weighted by atomic mass is 10.0. The second-order valence-corrected chi connectivity index (χ2v) is 7.43. The van der Waals surface area contributed by atoms with Crippen molar-refractivity contribution >= 4 is 22.8 Å². The molecule has 1 amide bonds. The summed E-state index contributed by atoms with van der Waals surface area (Å²) in [5.74, 6) is -1.24. The number of ether oxygens (including phenoxy) is 1. The summed E-state index contributed by atoms with van der Waals surface area (Å²) < 4.78 is 5.39. The first-order valence-corrected chi connectivity index (χ1v) is 10.0. The van der Waals surface area contributed by atoms with Crippen LogP contribution in [0.4, 0.5) is 0 Å². The van der Waals surface area contributed by atoms with Crippen molar-refractivity contribution in [3.05, 3.63) is 41.6 Å². The maximum Gasteiger partial charge on any atom is 0.308 e. The maximum absolute atomic E-state index is 13.4. The Hall–Kier alpha value is -2.47. The zero-order chi connectivity index (χ0) is 20.1. The molecule has 1 aliphatic carbocycles. The molecule has 1 atom stereocenters. The predicted molar refractivity (Wildman–Crippen MR) is 108 cm³/mol. The standard InChI is InChI=1S/C22H28N2O4/c1-3-28-12-6-11-24(14-15(2)22(26)27)21(25)18-13-20(16-9-10-16)23-19-8-5-4-7-17(18)19/h4-5,7-8,13,15-16H,3,6,9-12,14H2,1-2H3,(H,26,27). The number of pyridine rings is 1. The van der Waals surface area contributed by atoms with Gasteiger partial charge < -0.3 is 14.7 Å². The van der Waals surface area contributed by atoms with E-state index in [9.17, 15) is 14.7 Å². The van der Waals surface area contributed by atoms with Crippen LogP contribution in [-0.2, 0) is 9.53 Å². The van der Waals surface area contributed by atoms with Gasteiger partial charge in [-0.1, -0.05) is 25.1 Å². The van der Waals surface area contributed by atoms with E-state index >= 15 is 0 Å². The van der Waals surface area contributed by atoms with Crippen molar-refractivity contribution in [1.82, 2.24) is 9.88 Å². The van der Waals surface area contributed by atoms with Crippen LogP contribution in [0.3, 0.4) is 0 Å². The number of hydrogen-bond donors (Lipinski definition) is 1. The van der Waals surface area contributed by atoms with Gasteiger partial charge in [0.15, 0.2) is 0 Å². The summed E-state index contributed by atoms with van der Waals surface area (Å²) in [6.45, 7) is 5.37. The van der Waals surface area contributed by atoms with Crippen molar-refractivity contribution < 1.29 is 19.4 Å². The van der Waals surface area contributed by atoms with Gasteiger partial charge in [-0.05, 0) is 38.3 Å². The number of aromatic nitrogens is 1. The average Bonchev–Trinajstić information content (AvgIpc) is 3.54. The van der Waals surface area contributed by atoms with Crippen LogP contribution in [0.2, 0.25) is 0 Å². The van der Waals surface area contributed by atoms with Crippen molar-refractivity contribution in [3.8, 4) is 0 Å². The topological polar surface area (TPSA) is 79.7 Å². The fourth-order valence-electron chi connectivity index (χ4n) is 3.32. The predicted octanol–water partition coefficient (Wildman–Crippen LogP) is 3.70. The van der Waals surface area contributed by atoms with E-state index in [2.05, 4.69) is 0 Å². The van der Waals surface area contributed by atoms with Gasteiger partial charge in [0, 0.05) is 43.3 Å². The third-order valence-corrected chi connectivity index (χ3v) is 5.09. The van der Waals surface area contributed by atoms with Gasteiger partial charge in [-0.2, -0.15) is 0 Å². The first-order valence-electron chi connectivity index (χ1n) is 10.0. The molecule has 6 heteroatoms. The number of fused-ring (bicyclic) bond motifs is 1. The highest BCUT2D eigenvalue weighted by molar-refractivity contribution is 6.06. The van der Waals surface area contributed by atoms with Crippen LogP contribution in [-0.4, -0.2) is 53.2 Å². The molecular weight excluding hydrogens is 356 g/mol. The smallest absolute Gasteiger partial charge is 0.308 e. The van der Waals surface area contributed by atoms with Crippen LogP contribution in [0.25, 0.3) is 10.9 Å². The number of carbonyl (C=O) groups excluding carboxylic acids is 1. The molecule has 1 heterocycles. The van der Waals surface area contributed by atoms with Gasteiger partial charge in [-0.25, -0.2) is 0 Å². The molecule has 2 aromatic rings. The second-order valence-electron chi connectivity index (χ2n) is 7.43. The Balaban J connectivity index is 1.90. The summed E-state index contributed by atoms with van der Waals surface area (Å²) in [6.07, 6.45) is 2.88. The third-order valence-electron chi connectivity index (χ3n) is 5.09. The molecule has 0 radical (unpaired) electrons. The lowest BCUT2D eigenvalue weighted by Gasteiger charge is -2.25. The lowest BCUT2D eigenvalue weighted by Crippen LogP contribution is -2.38. The Morgan fingerprint density at radius 2 is 2.07 bits per heavy atom. The molecule has 1 N–H and O–H groups in total. The van der Waals surface area contributed by atoms with Gasteiger partial charge in [0.2, 0.25) is 0 Å². The Bertz CT molecular complexity index is 848. The number of rotatable bonds is 10. The normalized spacial score (nSPS) is 14.8. The number of benzene rings is 1. The molecule has 28 heavy (non-hydrogen) atoms. The molecule has 150 valence electrons. The van der Waals surface area contributed by atoms with Crippen LogP contribution in [0, 0.1) is 5.92 Å². The van der Waals surface area contributed by atoms with Crippen molar-refractivity contribution in [1.29, 1.82) is 0 Å². The molecule has 0 saturated heterocycles. The Labute approximate surface area is 165 Å². The van der Waals surface area contributed by atoms with Crippen LogP contribution >= 0.6 is 0 Å². The molecule has 1 aromatic carbocycles. The highest BCUT2D eigenvalue weighted by atomic mass is 16.5. The number of amides is 1. The number of carboxylic acids is 1. The number of nitrogens with zero attached hydrogens (tertiary/aromatic N) is 2. The Kier molecular flexibility index (Phi) is 6.62. The maximum atomic E-state index is 13.4. The minimum Gasteiger partial charge on any atom is -0.481 e. The van der Waals surface area contributed by atoms with Crippen molar-refractivity contribution in [3.63, 3.8) is 0 Å². The summed E-state index contributed by atoms with van der Waals surface area (Å²) in [5, 5.41) is 10.1. The highest BCUT2D eigenvalue weighted by Crippen LogP contribution is 2.40. The van der Waals surface area contributed by atoms with Gasteiger partial charge >= 0.3 is 5.97 Å². The van der Waals surface area contributed by atoms with Crippen molar-refractivity contribution in [2.45, 2.75) is 39.0 Å². The summed E-state index contributed by atoms with van der Waals surface area (Å²) >= 11 is 0. The van der Waals surface area contributed by atoms with Crippen LogP contribution in [0.1, 0.15) is 55.1 Å². The third kappa shape index (κ3) is 4.87. The molecule has 0 bridgehead atoms. The quantitative estimate of drug-likeness (QED) is 0.632. The minimum atomic E-state index is -0.902. The highest BCUT2D eigenvalue weighted by Gasteiger charge is 2.28. The monoisotopic (exact) mass is 384 g/mol. The van der Waals surface area contributed by atoms with E-state index in [-0.39, 0.29) is 12.5 Å². The first-order chi connectivity index (χ1) is 13.5. The van der Waals surface area contributed by atoms with E-state index in [4.69, 9.17) is 9.72 Å². The van der Waals surface area contributed by atoms with E-state index in [1.807, 2.05) is 37.3 Å². The van der Waals surface area contributed by atoms with Gasteiger partial charge in [0.05, 0.1) is 17.0 Å². The molecule has 0 spiro atoms. The van der Waals surface area contributed by atoms with E-state index < -0.39 is 11.9 Å². The summed E-state index contributed by atoms with van der Waals surface area (Å²) in [7, 11) is 0. The number of aliphatic carboxylic acids is 1. The molecular formula is C22H28N2O4. The zero-order valence-electron chi connectivity index (χ0n) is 16.6. The Morgan fingerprint density at radius 1 is 1.32 bits per heavy atom. The number of hydrogen-bond acceptors (Lipinski definition) is 4. The van der Waals surface area contributed by atoms with E-state index in [1.165, 1.54) is 0 Å². The van der Waals surface area contributed by atoms with E-state index in [0.717, 1.165) is 29.4 Å². The lowest BCUT2D eigenvalue weighted by molar-refractivity contribution is -0.141. The Morgan fingerprint density at radius 3 is 2.75 bits per heavy atom. The SMILES string of the molecule is CCOCCCN(CC(C)C(=O)O)C(=O)c1cc(C2CC2)nc2ccccc12. The number of carboxylic acid groups (broad SMARTS) is 1. The van der Waals surface area contributed by atoms with Gasteiger partial charge in [0.25, 0.3) is 5.91 Å². The largest absolute Gasteiger partial charge is 0.481 e. The molecule has 1 saturated carbocycles. The first kappa shape index (κ1) is 20.3. The molecule has 1 aromatic heterocycles.